The third-order valence-corrected chi connectivity index (χ3v) is 5.78. The van der Waals surface area contributed by atoms with Gasteiger partial charge in [0.2, 0.25) is 11.8 Å². The molecule has 1 aliphatic rings. The van der Waals surface area contributed by atoms with Crippen molar-refractivity contribution in [3.8, 4) is 0 Å². The first-order chi connectivity index (χ1) is 13.9. The normalized spacial score (nSPS) is 17.8. The zero-order chi connectivity index (χ0) is 21.0. The number of hydrogen-bond acceptors (Lipinski definition) is 6. The minimum absolute atomic E-state index is 0.111. The van der Waals surface area contributed by atoms with E-state index >= 15 is 0 Å². The molecule has 1 atom stereocenters. The number of rotatable bonds is 8. The maximum absolute atomic E-state index is 12.4. The summed E-state index contributed by atoms with van der Waals surface area (Å²) in [6, 6.07) is 0.222. The molecule has 3 rings (SSSR count). The summed E-state index contributed by atoms with van der Waals surface area (Å²) < 4.78 is 7.33. The van der Waals surface area contributed by atoms with Crippen molar-refractivity contribution in [1.29, 1.82) is 0 Å². The predicted molar refractivity (Wildman–Crippen MR) is 110 cm³/mol. The number of carbonyl (C=O) groups is 1. The summed E-state index contributed by atoms with van der Waals surface area (Å²) in [7, 11) is 0. The van der Waals surface area contributed by atoms with Crippen molar-refractivity contribution in [3.63, 3.8) is 0 Å². The highest BCUT2D eigenvalue weighted by Gasteiger charge is 2.28. The molecule has 1 amide bonds. The summed E-state index contributed by atoms with van der Waals surface area (Å²) >= 11 is 0. The molecule has 29 heavy (non-hydrogen) atoms. The fourth-order valence-electron chi connectivity index (χ4n) is 4.05. The Morgan fingerprint density at radius 1 is 1.41 bits per heavy atom. The summed E-state index contributed by atoms with van der Waals surface area (Å²) in [5, 5.41) is 8.52. The van der Waals surface area contributed by atoms with E-state index in [9.17, 15) is 4.79 Å². The van der Waals surface area contributed by atoms with Crippen LogP contribution in [0.1, 0.15) is 69.4 Å². The molecular formula is C21H34N6O2. The molecule has 0 aromatic carbocycles. The van der Waals surface area contributed by atoms with Crippen LogP contribution in [-0.4, -0.2) is 61.3 Å². The molecule has 1 unspecified atom stereocenters. The Kier molecular flexibility index (Phi) is 7.05. The van der Waals surface area contributed by atoms with Crippen LogP contribution in [0.25, 0.3) is 0 Å². The van der Waals surface area contributed by atoms with E-state index in [1.165, 1.54) is 11.3 Å². The van der Waals surface area contributed by atoms with Crippen molar-refractivity contribution in [2.24, 2.45) is 0 Å². The van der Waals surface area contributed by atoms with E-state index in [0.717, 1.165) is 39.0 Å². The second-order valence-corrected chi connectivity index (χ2v) is 8.27. The molecule has 0 spiro atoms. The molecule has 2 aromatic heterocycles. The number of likely N-dealkylation sites (tertiary alicyclic amines) is 1. The fraction of sp³-hybridized carbons (Fsp3) is 0.714. The summed E-state index contributed by atoms with van der Waals surface area (Å²) in [4.78, 5) is 21.2. The van der Waals surface area contributed by atoms with E-state index in [1.54, 1.807) is 6.92 Å². The maximum atomic E-state index is 12.4. The van der Waals surface area contributed by atoms with Gasteiger partial charge in [0.1, 0.15) is 0 Å². The highest BCUT2D eigenvalue weighted by molar-refractivity contribution is 5.73. The molecule has 1 saturated heterocycles. The van der Waals surface area contributed by atoms with Crippen LogP contribution >= 0.6 is 0 Å². The number of nitrogens with zero attached hydrogens (tertiary/aromatic N) is 6. The molecular weight excluding hydrogens is 368 g/mol. The van der Waals surface area contributed by atoms with Crippen LogP contribution in [0.3, 0.4) is 0 Å². The molecule has 160 valence electrons. The van der Waals surface area contributed by atoms with Gasteiger partial charge in [-0.15, -0.1) is 0 Å². The standard InChI is InChI=1S/C21H34N6O2/c1-6-27-16(4)18(12-22-27)13-25-10-7-8-19(14-25)26(17(5)28)11-9-20-23-21(15(2)3)29-24-20/h12,15,19H,6-11,13-14H2,1-5H3. The Balaban J connectivity index is 1.60. The second kappa shape index (κ2) is 9.52. The van der Waals surface area contributed by atoms with E-state index in [1.807, 2.05) is 29.6 Å². The van der Waals surface area contributed by atoms with Crippen molar-refractivity contribution in [2.75, 3.05) is 19.6 Å². The minimum Gasteiger partial charge on any atom is -0.339 e. The van der Waals surface area contributed by atoms with Gasteiger partial charge in [0, 0.05) is 62.7 Å². The quantitative estimate of drug-likeness (QED) is 0.675. The van der Waals surface area contributed by atoms with E-state index in [-0.39, 0.29) is 17.9 Å². The average molecular weight is 403 g/mol. The SMILES string of the molecule is CCn1ncc(CN2CCCC(N(CCc3noc(C(C)C)n3)C(C)=O)C2)c1C. The Morgan fingerprint density at radius 3 is 2.83 bits per heavy atom. The molecule has 0 bridgehead atoms. The van der Waals surface area contributed by atoms with E-state index in [2.05, 4.69) is 34.0 Å². The molecule has 8 heteroatoms. The molecule has 1 fully saturated rings. The van der Waals surface area contributed by atoms with Crippen molar-refractivity contribution in [3.05, 3.63) is 29.2 Å². The van der Waals surface area contributed by atoms with Crippen molar-refractivity contribution < 1.29 is 9.32 Å². The van der Waals surface area contributed by atoms with Crippen molar-refractivity contribution in [2.45, 2.75) is 78.9 Å². The number of aryl methyl sites for hydroxylation is 1. The smallest absolute Gasteiger partial charge is 0.229 e. The molecule has 0 N–H and O–H groups in total. The van der Waals surface area contributed by atoms with Gasteiger partial charge in [0.25, 0.3) is 0 Å². The second-order valence-electron chi connectivity index (χ2n) is 8.27. The monoisotopic (exact) mass is 402 g/mol. The van der Waals surface area contributed by atoms with Gasteiger partial charge in [-0.1, -0.05) is 19.0 Å². The lowest BCUT2D eigenvalue weighted by molar-refractivity contribution is -0.132. The largest absolute Gasteiger partial charge is 0.339 e. The zero-order valence-electron chi connectivity index (χ0n) is 18.4. The summed E-state index contributed by atoms with van der Waals surface area (Å²) in [6.07, 6.45) is 4.73. The highest BCUT2D eigenvalue weighted by atomic mass is 16.5. The number of aromatic nitrogens is 4. The molecule has 1 aliphatic heterocycles. The van der Waals surface area contributed by atoms with Crippen LogP contribution in [0, 0.1) is 6.92 Å². The molecule has 3 heterocycles. The van der Waals surface area contributed by atoms with Gasteiger partial charge in [-0.2, -0.15) is 10.1 Å². The summed E-state index contributed by atoms with van der Waals surface area (Å²) in [5.74, 6) is 1.66. The summed E-state index contributed by atoms with van der Waals surface area (Å²) in [5.41, 5.74) is 2.51. The molecule has 0 radical (unpaired) electrons. The predicted octanol–water partition coefficient (Wildman–Crippen LogP) is 2.77. The average Bonchev–Trinajstić information content (AvgIpc) is 3.29. The lowest BCUT2D eigenvalue weighted by Gasteiger charge is -2.39. The number of amides is 1. The van der Waals surface area contributed by atoms with Crippen LogP contribution in [0.15, 0.2) is 10.7 Å². The lowest BCUT2D eigenvalue weighted by atomic mass is 10.0. The third-order valence-electron chi connectivity index (χ3n) is 5.78. The Morgan fingerprint density at radius 2 is 2.21 bits per heavy atom. The van der Waals surface area contributed by atoms with Gasteiger partial charge < -0.3 is 9.42 Å². The first-order valence-electron chi connectivity index (χ1n) is 10.7. The van der Waals surface area contributed by atoms with Gasteiger partial charge in [0.15, 0.2) is 5.82 Å². The third kappa shape index (κ3) is 5.23. The zero-order valence-corrected chi connectivity index (χ0v) is 18.4. The number of hydrogen-bond donors (Lipinski definition) is 0. The summed E-state index contributed by atoms with van der Waals surface area (Å²) in [6.45, 7) is 14.3. The van der Waals surface area contributed by atoms with Crippen LogP contribution in [0.5, 0.6) is 0 Å². The van der Waals surface area contributed by atoms with Crippen LogP contribution < -0.4 is 0 Å². The van der Waals surface area contributed by atoms with E-state index in [0.29, 0.717) is 24.7 Å². The molecule has 0 saturated carbocycles. The highest BCUT2D eigenvalue weighted by Crippen LogP contribution is 2.20. The van der Waals surface area contributed by atoms with Gasteiger partial charge in [0.05, 0.1) is 6.20 Å². The first-order valence-corrected chi connectivity index (χ1v) is 10.7. The number of piperidine rings is 1. The van der Waals surface area contributed by atoms with Crippen LogP contribution in [0.4, 0.5) is 0 Å². The van der Waals surface area contributed by atoms with Crippen LogP contribution in [-0.2, 0) is 24.3 Å². The van der Waals surface area contributed by atoms with E-state index < -0.39 is 0 Å². The van der Waals surface area contributed by atoms with Gasteiger partial charge >= 0.3 is 0 Å². The first kappa shape index (κ1) is 21.5. The Bertz CT molecular complexity index is 812. The Hall–Kier alpha value is -2.22. The topological polar surface area (TPSA) is 80.3 Å². The van der Waals surface area contributed by atoms with Gasteiger partial charge in [-0.3, -0.25) is 14.4 Å². The fourth-order valence-corrected chi connectivity index (χ4v) is 4.05. The van der Waals surface area contributed by atoms with Crippen molar-refractivity contribution in [1.82, 2.24) is 29.7 Å². The molecule has 0 aliphatic carbocycles. The molecule has 2 aromatic rings. The lowest BCUT2D eigenvalue weighted by Crippen LogP contribution is -2.50. The van der Waals surface area contributed by atoms with Gasteiger partial charge in [-0.05, 0) is 33.2 Å². The number of carbonyl (C=O) groups excluding carboxylic acids is 1. The maximum Gasteiger partial charge on any atom is 0.229 e. The Labute approximate surface area is 173 Å². The van der Waals surface area contributed by atoms with E-state index in [4.69, 9.17) is 4.52 Å². The van der Waals surface area contributed by atoms with Crippen LogP contribution in [0.2, 0.25) is 0 Å². The minimum atomic E-state index is 0.111. The molecule has 8 nitrogen and oxygen atoms in total. The van der Waals surface area contributed by atoms with Gasteiger partial charge in [-0.25, -0.2) is 0 Å². The van der Waals surface area contributed by atoms with Crippen molar-refractivity contribution >= 4 is 5.91 Å².